The Morgan fingerprint density at radius 3 is 3.07 bits per heavy atom. The molecule has 3 heteroatoms. The predicted molar refractivity (Wildman–Crippen MR) is 55.1 cm³/mol. The fraction of sp³-hybridized carbons (Fsp3) is 0.818. The van der Waals surface area contributed by atoms with Gasteiger partial charge in [0.15, 0.2) is 0 Å². The van der Waals surface area contributed by atoms with Crippen LogP contribution in [0.5, 0.6) is 0 Å². The lowest BCUT2D eigenvalue weighted by Crippen LogP contribution is -2.55. The molecule has 0 spiro atoms. The van der Waals surface area contributed by atoms with Gasteiger partial charge in [0.25, 0.3) is 0 Å². The highest BCUT2D eigenvalue weighted by atomic mass is 16.5. The topological polar surface area (TPSA) is 41.5 Å². The SMILES string of the molecule is COC1C=CCC2CC[C@H](CO)NC21. The van der Waals surface area contributed by atoms with Gasteiger partial charge >= 0.3 is 0 Å². The number of methoxy groups -OCH3 is 1. The van der Waals surface area contributed by atoms with Gasteiger partial charge in [-0.3, -0.25) is 0 Å². The molecule has 1 aliphatic heterocycles. The van der Waals surface area contributed by atoms with Gasteiger partial charge in [-0.15, -0.1) is 0 Å². The second-order valence-electron chi connectivity index (χ2n) is 4.27. The first-order chi connectivity index (χ1) is 6.85. The third kappa shape index (κ3) is 1.85. The third-order valence-corrected chi connectivity index (χ3v) is 3.43. The number of nitrogens with one attached hydrogen (secondary N) is 1. The summed E-state index contributed by atoms with van der Waals surface area (Å²) in [5, 5.41) is 12.6. The second kappa shape index (κ2) is 4.43. The summed E-state index contributed by atoms with van der Waals surface area (Å²) in [6.45, 7) is 0.239. The Balaban J connectivity index is 2.04. The molecule has 2 aliphatic rings. The van der Waals surface area contributed by atoms with Gasteiger partial charge in [-0.25, -0.2) is 0 Å². The number of hydrogen-bond donors (Lipinski definition) is 2. The van der Waals surface area contributed by atoms with Gasteiger partial charge in [0.05, 0.1) is 12.7 Å². The average Bonchev–Trinajstić information content (AvgIpc) is 2.27. The molecule has 2 rings (SSSR count). The van der Waals surface area contributed by atoms with Crippen LogP contribution in [0.1, 0.15) is 19.3 Å². The Morgan fingerprint density at radius 2 is 2.36 bits per heavy atom. The van der Waals surface area contributed by atoms with Crippen molar-refractivity contribution in [3.05, 3.63) is 12.2 Å². The molecular formula is C11H19NO2. The summed E-state index contributed by atoms with van der Waals surface area (Å²) in [5.41, 5.74) is 0. The van der Waals surface area contributed by atoms with Gasteiger partial charge in [-0.1, -0.05) is 12.2 Å². The first-order valence-corrected chi connectivity index (χ1v) is 5.41. The average molecular weight is 197 g/mol. The van der Waals surface area contributed by atoms with Crippen LogP contribution in [0.25, 0.3) is 0 Å². The van der Waals surface area contributed by atoms with Crippen molar-refractivity contribution in [1.29, 1.82) is 0 Å². The molecule has 1 aliphatic carbocycles. The number of aliphatic hydroxyl groups excluding tert-OH is 1. The van der Waals surface area contributed by atoms with Crippen molar-refractivity contribution in [2.45, 2.75) is 37.5 Å². The molecule has 0 saturated carbocycles. The Kier molecular flexibility index (Phi) is 3.21. The van der Waals surface area contributed by atoms with Gasteiger partial charge in [0.1, 0.15) is 0 Å². The summed E-state index contributed by atoms with van der Waals surface area (Å²) in [6, 6.07) is 0.663. The monoisotopic (exact) mass is 197 g/mol. The maximum absolute atomic E-state index is 9.12. The molecule has 3 nitrogen and oxygen atoms in total. The van der Waals surface area contributed by atoms with Crippen molar-refractivity contribution < 1.29 is 9.84 Å². The van der Waals surface area contributed by atoms with E-state index in [0.717, 1.165) is 12.8 Å². The molecule has 2 N–H and O–H groups in total. The van der Waals surface area contributed by atoms with E-state index in [1.165, 1.54) is 6.42 Å². The van der Waals surface area contributed by atoms with Crippen molar-refractivity contribution in [2.75, 3.05) is 13.7 Å². The highest BCUT2D eigenvalue weighted by Crippen LogP contribution is 2.30. The van der Waals surface area contributed by atoms with E-state index in [1.54, 1.807) is 7.11 Å². The van der Waals surface area contributed by atoms with E-state index in [-0.39, 0.29) is 18.8 Å². The smallest absolute Gasteiger partial charge is 0.0907 e. The number of ether oxygens (including phenoxy) is 1. The van der Waals surface area contributed by atoms with E-state index in [2.05, 4.69) is 17.5 Å². The van der Waals surface area contributed by atoms with E-state index in [0.29, 0.717) is 12.0 Å². The molecule has 14 heavy (non-hydrogen) atoms. The molecule has 0 bridgehead atoms. The summed E-state index contributed by atoms with van der Waals surface area (Å²) >= 11 is 0. The number of rotatable bonds is 2. The summed E-state index contributed by atoms with van der Waals surface area (Å²) in [7, 11) is 1.75. The zero-order chi connectivity index (χ0) is 9.97. The number of allylic oxidation sites excluding steroid dienone is 1. The Labute approximate surface area is 85.1 Å². The fourth-order valence-electron chi connectivity index (χ4n) is 2.59. The lowest BCUT2D eigenvalue weighted by molar-refractivity contribution is 0.0435. The van der Waals surface area contributed by atoms with Gasteiger partial charge in [0.2, 0.25) is 0 Å². The number of hydrogen-bond acceptors (Lipinski definition) is 3. The second-order valence-corrected chi connectivity index (χ2v) is 4.27. The van der Waals surface area contributed by atoms with E-state index in [9.17, 15) is 0 Å². The van der Waals surface area contributed by atoms with Gasteiger partial charge in [-0.05, 0) is 25.2 Å². The highest BCUT2D eigenvalue weighted by molar-refractivity contribution is 5.07. The first kappa shape index (κ1) is 10.1. The Hall–Kier alpha value is -0.380. The van der Waals surface area contributed by atoms with Crippen LogP contribution in [0.2, 0.25) is 0 Å². The number of aliphatic hydroxyl groups is 1. The quantitative estimate of drug-likeness (QED) is 0.640. The molecular weight excluding hydrogens is 178 g/mol. The van der Waals surface area contributed by atoms with E-state index >= 15 is 0 Å². The van der Waals surface area contributed by atoms with Crippen LogP contribution in [0, 0.1) is 5.92 Å². The van der Waals surface area contributed by atoms with Crippen LogP contribution in [-0.4, -0.2) is 37.0 Å². The molecule has 4 atom stereocenters. The molecule has 80 valence electrons. The lowest BCUT2D eigenvalue weighted by atomic mass is 9.79. The van der Waals surface area contributed by atoms with E-state index < -0.39 is 0 Å². The zero-order valence-electron chi connectivity index (χ0n) is 8.65. The number of fused-ring (bicyclic) bond motifs is 1. The summed E-state index contributed by atoms with van der Waals surface area (Å²) in [6.07, 6.45) is 7.97. The van der Waals surface area contributed by atoms with Crippen LogP contribution >= 0.6 is 0 Å². The van der Waals surface area contributed by atoms with Crippen molar-refractivity contribution in [1.82, 2.24) is 5.32 Å². The van der Waals surface area contributed by atoms with Crippen molar-refractivity contribution in [3.63, 3.8) is 0 Å². The van der Waals surface area contributed by atoms with Crippen molar-refractivity contribution in [3.8, 4) is 0 Å². The van der Waals surface area contributed by atoms with Crippen molar-refractivity contribution >= 4 is 0 Å². The lowest BCUT2D eigenvalue weighted by Gasteiger charge is -2.41. The van der Waals surface area contributed by atoms with Crippen molar-refractivity contribution in [2.24, 2.45) is 5.92 Å². The standard InChI is InChI=1S/C11H19NO2/c1-14-10-4-2-3-8-5-6-9(7-13)12-11(8)10/h2,4,8-13H,3,5-7H2,1H3/t8?,9-,10?,11?/m1/s1. The van der Waals surface area contributed by atoms with E-state index in [1.807, 2.05) is 0 Å². The molecule has 1 saturated heterocycles. The summed E-state index contributed by atoms with van der Waals surface area (Å²) < 4.78 is 5.42. The van der Waals surface area contributed by atoms with E-state index in [4.69, 9.17) is 9.84 Å². The molecule has 0 aromatic carbocycles. The minimum Gasteiger partial charge on any atom is -0.395 e. The molecule has 0 radical (unpaired) electrons. The van der Waals surface area contributed by atoms with Gasteiger partial charge in [-0.2, -0.15) is 0 Å². The van der Waals surface area contributed by atoms with Crippen LogP contribution in [-0.2, 0) is 4.74 Å². The zero-order valence-corrected chi connectivity index (χ0v) is 8.65. The van der Waals surface area contributed by atoms with Gasteiger partial charge < -0.3 is 15.2 Å². The Morgan fingerprint density at radius 1 is 1.50 bits per heavy atom. The molecule has 0 aromatic heterocycles. The number of piperidine rings is 1. The normalized spacial score (nSPS) is 42.1. The molecule has 3 unspecified atom stereocenters. The highest BCUT2D eigenvalue weighted by Gasteiger charge is 2.35. The largest absolute Gasteiger partial charge is 0.395 e. The summed E-state index contributed by atoms with van der Waals surface area (Å²) in [4.78, 5) is 0. The minimum absolute atomic E-state index is 0.183. The third-order valence-electron chi connectivity index (χ3n) is 3.43. The predicted octanol–water partition coefficient (Wildman–Crippen LogP) is 0.690. The molecule has 0 amide bonds. The summed E-state index contributed by atoms with van der Waals surface area (Å²) in [5.74, 6) is 0.688. The van der Waals surface area contributed by atoms with Crippen LogP contribution < -0.4 is 5.32 Å². The first-order valence-electron chi connectivity index (χ1n) is 5.41. The van der Waals surface area contributed by atoms with Crippen LogP contribution in [0.4, 0.5) is 0 Å². The molecule has 1 heterocycles. The van der Waals surface area contributed by atoms with Crippen LogP contribution in [0.3, 0.4) is 0 Å². The maximum atomic E-state index is 9.12. The molecule has 1 fully saturated rings. The van der Waals surface area contributed by atoms with Crippen LogP contribution in [0.15, 0.2) is 12.2 Å². The fourth-order valence-corrected chi connectivity index (χ4v) is 2.59. The van der Waals surface area contributed by atoms with Gasteiger partial charge in [0, 0.05) is 19.2 Å². The minimum atomic E-state index is 0.183. The maximum Gasteiger partial charge on any atom is 0.0907 e. The molecule has 0 aromatic rings. The Bertz CT molecular complexity index is 217.